The van der Waals surface area contributed by atoms with Gasteiger partial charge in [0.2, 0.25) is 5.91 Å². The standard InChI is InChI=1S/C13H15N3O3/c1-3-14-12(17)8(2)16-7-15-10-5-4-9(13(18)19)6-11(10)16/h4-8H,3H2,1-2H3,(H,14,17)(H,18,19). The molecule has 0 spiro atoms. The average Bonchev–Trinajstić information content (AvgIpc) is 2.80. The maximum absolute atomic E-state index is 11.8. The Balaban J connectivity index is 2.46. The first-order chi connectivity index (χ1) is 9.04. The van der Waals surface area contributed by atoms with Gasteiger partial charge in [-0.2, -0.15) is 0 Å². The molecule has 2 N–H and O–H groups in total. The number of carboxylic acids is 1. The van der Waals surface area contributed by atoms with Crippen molar-refractivity contribution < 1.29 is 14.7 Å². The zero-order valence-electron chi connectivity index (χ0n) is 10.8. The third-order valence-corrected chi connectivity index (χ3v) is 2.97. The highest BCUT2D eigenvalue weighted by atomic mass is 16.4. The van der Waals surface area contributed by atoms with Crippen molar-refractivity contribution >= 4 is 22.9 Å². The number of carbonyl (C=O) groups is 2. The van der Waals surface area contributed by atoms with Gasteiger partial charge in [0.15, 0.2) is 0 Å². The van der Waals surface area contributed by atoms with Crippen molar-refractivity contribution in [1.82, 2.24) is 14.9 Å². The first-order valence-electron chi connectivity index (χ1n) is 6.02. The lowest BCUT2D eigenvalue weighted by molar-refractivity contribution is -0.123. The Labute approximate surface area is 110 Å². The molecule has 6 nitrogen and oxygen atoms in total. The summed E-state index contributed by atoms with van der Waals surface area (Å²) in [6.45, 7) is 4.15. The van der Waals surface area contributed by atoms with Crippen molar-refractivity contribution in [2.75, 3.05) is 6.54 Å². The van der Waals surface area contributed by atoms with E-state index >= 15 is 0 Å². The largest absolute Gasteiger partial charge is 0.478 e. The van der Waals surface area contributed by atoms with Crippen LogP contribution in [0.1, 0.15) is 30.2 Å². The Bertz CT molecular complexity index is 633. The maximum atomic E-state index is 11.8. The molecular weight excluding hydrogens is 246 g/mol. The fourth-order valence-electron chi connectivity index (χ4n) is 1.92. The van der Waals surface area contributed by atoms with Crippen LogP contribution in [0.5, 0.6) is 0 Å². The van der Waals surface area contributed by atoms with Crippen LogP contribution in [0.2, 0.25) is 0 Å². The van der Waals surface area contributed by atoms with Gasteiger partial charge in [0.05, 0.1) is 22.9 Å². The summed E-state index contributed by atoms with van der Waals surface area (Å²) in [5, 5.41) is 11.7. The molecule has 0 aliphatic carbocycles. The van der Waals surface area contributed by atoms with Crippen molar-refractivity contribution in [3.63, 3.8) is 0 Å². The number of hydrogen-bond acceptors (Lipinski definition) is 3. The van der Waals surface area contributed by atoms with Gasteiger partial charge in [0, 0.05) is 6.54 Å². The normalized spacial score (nSPS) is 12.3. The lowest BCUT2D eigenvalue weighted by atomic mass is 10.2. The van der Waals surface area contributed by atoms with E-state index < -0.39 is 12.0 Å². The molecule has 0 bridgehead atoms. The van der Waals surface area contributed by atoms with Gasteiger partial charge in [0.25, 0.3) is 0 Å². The van der Waals surface area contributed by atoms with E-state index in [9.17, 15) is 9.59 Å². The number of aromatic nitrogens is 2. The van der Waals surface area contributed by atoms with Crippen LogP contribution in [0, 0.1) is 0 Å². The Morgan fingerprint density at radius 1 is 1.47 bits per heavy atom. The summed E-state index contributed by atoms with van der Waals surface area (Å²) in [5.41, 5.74) is 1.48. The zero-order chi connectivity index (χ0) is 14.0. The number of amides is 1. The summed E-state index contributed by atoms with van der Waals surface area (Å²) in [7, 11) is 0. The molecule has 0 fully saturated rings. The first kappa shape index (κ1) is 13.1. The number of carbonyl (C=O) groups excluding carboxylic acids is 1. The van der Waals surface area contributed by atoms with Crippen LogP contribution >= 0.6 is 0 Å². The van der Waals surface area contributed by atoms with E-state index in [2.05, 4.69) is 10.3 Å². The number of benzene rings is 1. The van der Waals surface area contributed by atoms with Gasteiger partial charge < -0.3 is 15.0 Å². The van der Waals surface area contributed by atoms with Gasteiger partial charge in [0.1, 0.15) is 6.04 Å². The lowest BCUT2D eigenvalue weighted by Gasteiger charge is -2.13. The van der Waals surface area contributed by atoms with Gasteiger partial charge in [-0.3, -0.25) is 4.79 Å². The minimum Gasteiger partial charge on any atom is -0.478 e. The molecule has 0 aliphatic rings. The SMILES string of the molecule is CCNC(=O)C(C)n1cnc2ccc(C(=O)O)cc21. The molecule has 1 atom stereocenters. The van der Waals surface area contributed by atoms with E-state index in [1.165, 1.54) is 12.1 Å². The third kappa shape index (κ3) is 2.42. The van der Waals surface area contributed by atoms with Crippen LogP contribution < -0.4 is 5.32 Å². The van der Waals surface area contributed by atoms with Gasteiger partial charge in [-0.25, -0.2) is 9.78 Å². The Hall–Kier alpha value is -2.37. The topological polar surface area (TPSA) is 84.2 Å². The average molecular weight is 261 g/mol. The Morgan fingerprint density at radius 2 is 2.21 bits per heavy atom. The molecule has 1 aromatic carbocycles. The fraction of sp³-hybridized carbons (Fsp3) is 0.308. The molecule has 0 saturated carbocycles. The van der Waals surface area contributed by atoms with Crippen LogP contribution in [0.4, 0.5) is 0 Å². The minimum atomic E-state index is -1.000. The molecular formula is C13H15N3O3. The molecule has 1 heterocycles. The smallest absolute Gasteiger partial charge is 0.335 e. The second-order valence-corrected chi connectivity index (χ2v) is 4.23. The summed E-state index contributed by atoms with van der Waals surface area (Å²) in [5.74, 6) is -1.12. The predicted molar refractivity (Wildman–Crippen MR) is 70.1 cm³/mol. The highest BCUT2D eigenvalue weighted by molar-refractivity contribution is 5.93. The molecule has 2 rings (SSSR count). The lowest BCUT2D eigenvalue weighted by Crippen LogP contribution is -2.30. The maximum Gasteiger partial charge on any atom is 0.335 e. The van der Waals surface area contributed by atoms with Crippen molar-refractivity contribution in [2.24, 2.45) is 0 Å². The molecule has 0 aliphatic heterocycles. The molecule has 0 radical (unpaired) electrons. The number of carboxylic acid groups (broad SMARTS) is 1. The summed E-state index contributed by atoms with van der Waals surface area (Å²) in [6.07, 6.45) is 1.55. The molecule has 19 heavy (non-hydrogen) atoms. The van der Waals surface area contributed by atoms with Crippen LogP contribution in [-0.4, -0.2) is 33.1 Å². The zero-order valence-corrected chi connectivity index (χ0v) is 10.8. The summed E-state index contributed by atoms with van der Waals surface area (Å²) >= 11 is 0. The Kier molecular flexibility index (Phi) is 3.50. The second-order valence-electron chi connectivity index (χ2n) is 4.23. The number of imidazole rings is 1. The van der Waals surface area contributed by atoms with Gasteiger partial charge in [-0.05, 0) is 32.0 Å². The third-order valence-electron chi connectivity index (χ3n) is 2.97. The second kappa shape index (κ2) is 5.09. The number of fused-ring (bicyclic) bond motifs is 1. The number of aromatic carboxylic acids is 1. The molecule has 0 saturated heterocycles. The van der Waals surface area contributed by atoms with E-state index in [-0.39, 0.29) is 11.5 Å². The van der Waals surface area contributed by atoms with Gasteiger partial charge in [-0.15, -0.1) is 0 Å². The van der Waals surface area contributed by atoms with Crippen molar-refractivity contribution in [3.05, 3.63) is 30.1 Å². The van der Waals surface area contributed by atoms with Crippen LogP contribution in [0.3, 0.4) is 0 Å². The number of hydrogen-bond donors (Lipinski definition) is 2. The number of nitrogens with one attached hydrogen (secondary N) is 1. The first-order valence-corrected chi connectivity index (χ1v) is 6.02. The van der Waals surface area contributed by atoms with Gasteiger partial charge >= 0.3 is 5.97 Å². The van der Waals surface area contributed by atoms with Crippen LogP contribution in [0.25, 0.3) is 11.0 Å². The molecule has 6 heteroatoms. The Morgan fingerprint density at radius 3 is 2.84 bits per heavy atom. The minimum absolute atomic E-state index is 0.123. The van der Waals surface area contributed by atoms with Crippen molar-refractivity contribution in [1.29, 1.82) is 0 Å². The fourth-order valence-corrected chi connectivity index (χ4v) is 1.92. The van der Waals surface area contributed by atoms with E-state index in [0.717, 1.165) is 0 Å². The van der Waals surface area contributed by atoms with E-state index in [0.29, 0.717) is 17.6 Å². The monoisotopic (exact) mass is 261 g/mol. The van der Waals surface area contributed by atoms with Crippen molar-refractivity contribution in [2.45, 2.75) is 19.9 Å². The highest BCUT2D eigenvalue weighted by Gasteiger charge is 2.17. The predicted octanol–water partition coefficient (Wildman–Crippen LogP) is 1.43. The summed E-state index contributed by atoms with van der Waals surface area (Å²) < 4.78 is 1.67. The molecule has 2 aromatic rings. The highest BCUT2D eigenvalue weighted by Crippen LogP contribution is 2.19. The van der Waals surface area contributed by atoms with Crippen LogP contribution in [0.15, 0.2) is 24.5 Å². The summed E-state index contributed by atoms with van der Waals surface area (Å²) in [6, 6.07) is 4.23. The molecule has 1 aromatic heterocycles. The quantitative estimate of drug-likeness (QED) is 0.872. The molecule has 1 unspecified atom stereocenters. The van der Waals surface area contributed by atoms with Crippen molar-refractivity contribution in [3.8, 4) is 0 Å². The van der Waals surface area contributed by atoms with E-state index in [4.69, 9.17) is 5.11 Å². The van der Waals surface area contributed by atoms with Crippen LogP contribution in [-0.2, 0) is 4.79 Å². The van der Waals surface area contributed by atoms with Gasteiger partial charge in [-0.1, -0.05) is 0 Å². The summed E-state index contributed by atoms with van der Waals surface area (Å²) in [4.78, 5) is 27.0. The van der Waals surface area contributed by atoms with E-state index in [1.54, 1.807) is 23.9 Å². The number of likely N-dealkylation sites (N-methyl/N-ethyl adjacent to an activating group) is 1. The molecule has 1 amide bonds. The molecule has 100 valence electrons. The van der Waals surface area contributed by atoms with E-state index in [1.807, 2.05) is 6.92 Å². The number of rotatable bonds is 4. The number of nitrogens with zero attached hydrogens (tertiary/aromatic N) is 2.